The first-order valence-electron chi connectivity index (χ1n) is 37.9. The van der Waals surface area contributed by atoms with Gasteiger partial charge in [0.2, 0.25) is 0 Å². The first kappa shape index (κ1) is 64.6. The molecule has 5 nitrogen and oxygen atoms in total. The lowest BCUT2D eigenvalue weighted by atomic mass is 9.67. The van der Waals surface area contributed by atoms with E-state index in [0.717, 1.165) is 89.4 Å². The van der Waals surface area contributed by atoms with Crippen LogP contribution in [0.1, 0.15) is 57.3 Å². The first-order chi connectivity index (χ1) is 54.5. The highest BCUT2D eigenvalue weighted by atomic mass is 32.1. The summed E-state index contributed by atoms with van der Waals surface area (Å²) in [6.07, 6.45) is 0.867. The van der Waals surface area contributed by atoms with E-state index in [1.807, 2.05) is 6.07 Å². The van der Waals surface area contributed by atoms with Gasteiger partial charge in [0.25, 0.3) is 0 Å². The molecule has 0 aliphatic heterocycles. The van der Waals surface area contributed by atoms with Crippen molar-refractivity contribution < 1.29 is 0 Å². The fraction of sp³-hybridized carbons (Fsp3) is 0.0385. The summed E-state index contributed by atoms with van der Waals surface area (Å²) in [5, 5.41) is 8.21. The predicted molar refractivity (Wildman–Crippen MR) is 457 cm³/mol. The second-order valence-corrected chi connectivity index (χ2v) is 29.8. The van der Waals surface area contributed by atoms with Crippen LogP contribution >= 0.6 is 11.3 Å². The minimum Gasteiger partial charge on any atom is -0.296 e. The van der Waals surface area contributed by atoms with Crippen molar-refractivity contribution in [2.45, 2.75) is 24.2 Å². The highest BCUT2D eigenvalue weighted by Gasteiger charge is 2.49. The maximum Gasteiger partial charge on any atom is 0.124 e. The van der Waals surface area contributed by atoms with Crippen molar-refractivity contribution in [2.75, 3.05) is 0 Å². The Hall–Kier alpha value is -13.8. The zero-order valence-corrected chi connectivity index (χ0v) is 61.1. The summed E-state index contributed by atoms with van der Waals surface area (Å²) in [4.78, 5) is 20.5. The number of thiazole rings is 1. The largest absolute Gasteiger partial charge is 0.296 e. The molecule has 0 radical (unpaired) electrons. The predicted octanol–water partition coefficient (Wildman–Crippen LogP) is 26.3. The number of aryl methyl sites for hydroxylation is 1. The third-order valence-corrected chi connectivity index (χ3v) is 24.1. The lowest BCUT2D eigenvalue weighted by molar-refractivity contribution is 0.769. The minimum absolute atomic E-state index is 0.461. The van der Waals surface area contributed by atoms with E-state index >= 15 is 0 Å². The Bertz CT molecular complexity index is 6840. The zero-order valence-electron chi connectivity index (χ0n) is 60.3. The van der Waals surface area contributed by atoms with Gasteiger partial charge in [-0.25, -0.2) is 19.9 Å². The fourth-order valence-corrected chi connectivity index (χ4v) is 19.2. The van der Waals surface area contributed by atoms with E-state index in [0.29, 0.717) is 0 Å². The van der Waals surface area contributed by atoms with E-state index in [-0.39, 0.29) is 0 Å². The second-order valence-electron chi connectivity index (χ2n) is 28.8. The van der Waals surface area contributed by atoms with Crippen LogP contribution in [0.5, 0.6) is 0 Å². The molecule has 0 saturated carbocycles. The molecule has 2 aliphatic rings. The molecule has 6 heteroatoms. The van der Waals surface area contributed by atoms with Crippen LogP contribution < -0.4 is 0 Å². The van der Waals surface area contributed by atoms with E-state index in [2.05, 4.69) is 394 Å². The molecule has 0 spiro atoms. The van der Waals surface area contributed by atoms with Gasteiger partial charge in [-0.3, -0.25) is 4.57 Å². The van der Waals surface area contributed by atoms with E-state index in [9.17, 15) is 0 Å². The van der Waals surface area contributed by atoms with Crippen LogP contribution in [0.15, 0.2) is 388 Å². The molecule has 22 rings (SSSR count). The van der Waals surface area contributed by atoms with Crippen LogP contribution in [0, 0.1) is 0 Å². The molecule has 0 N–H and O–H groups in total. The Kier molecular flexibility index (Phi) is 15.5. The van der Waals surface area contributed by atoms with Gasteiger partial charge in [-0.05, 0) is 138 Å². The van der Waals surface area contributed by atoms with E-state index in [1.54, 1.807) is 11.3 Å². The number of pyridine rings is 2. The standard InChI is InChI=1S/C53H37N3.C51H32N2S/c1-2-49-54-47-23-13-14-24-48(47)56(49)40-31-29-36(30-32-40)35-25-27-37(28-26-35)52-43-33-34-45-51(50(43)42-20-10-12-22-46(42)55-52)41-19-9-11-21-44(41)53(45,38-15-5-3-6-16-38)39-17-7-4-8-18-39;1-3-13-37(14-4-1)51(38-15-5-2-6-16-38)42-19-9-7-17-39(42)48-43(51)32-31-41-47(48)40-18-8-10-20-44(40)52-49(41)35-27-23-33(24-28-35)34-25-29-36(30-26-34)50-53-45-21-11-12-22-46(45)54-50/h3-34H,2H2,1H3;1-32H. The van der Waals surface area contributed by atoms with Crippen LogP contribution in [-0.2, 0) is 17.3 Å². The number of aromatic nitrogens is 5. The Balaban J connectivity index is 0.000000140. The van der Waals surface area contributed by atoms with Crippen molar-refractivity contribution >= 4 is 75.9 Å². The molecule has 0 saturated heterocycles. The lowest BCUT2D eigenvalue weighted by Gasteiger charge is -2.34. The molecule has 20 aromatic rings. The first-order valence-corrected chi connectivity index (χ1v) is 38.7. The molecule has 0 bridgehead atoms. The maximum atomic E-state index is 5.38. The molecule has 4 aromatic heterocycles. The number of hydrogen-bond donors (Lipinski definition) is 0. The molecule has 0 fully saturated rings. The van der Waals surface area contributed by atoms with Crippen LogP contribution in [0.3, 0.4) is 0 Å². The fourth-order valence-electron chi connectivity index (χ4n) is 18.2. The van der Waals surface area contributed by atoms with Crippen molar-refractivity contribution in [3.63, 3.8) is 0 Å². The average molecular weight is 1420 g/mol. The molecule has 110 heavy (non-hydrogen) atoms. The van der Waals surface area contributed by atoms with Gasteiger partial charge in [0.05, 0.1) is 54.5 Å². The van der Waals surface area contributed by atoms with E-state index in [4.69, 9.17) is 19.9 Å². The number of imidazole rings is 1. The molecule has 516 valence electrons. The number of hydrogen-bond acceptors (Lipinski definition) is 5. The SMILES string of the molecule is CCc1nc2ccccc2n1-c1ccc(-c2ccc(-c3nc4ccccc4c4c5c(ccc34)C(c3ccccc3)(c3ccccc3)c3ccccc3-5)cc2)cc1.c1ccc(C2(c3ccccc3)c3ccccc3-c3c2ccc2c(-c4ccc(-c5ccc(-c6nc7ccccc7s6)cc5)cc4)nc4ccccc4c32)cc1. The Morgan fingerprint density at radius 1 is 0.273 bits per heavy atom. The van der Waals surface area contributed by atoms with Gasteiger partial charge < -0.3 is 0 Å². The molecule has 0 atom stereocenters. The number of benzene rings is 16. The molecule has 0 unspecified atom stereocenters. The van der Waals surface area contributed by atoms with Crippen molar-refractivity contribution in [3.8, 4) is 83.3 Å². The Morgan fingerprint density at radius 2 is 0.636 bits per heavy atom. The van der Waals surface area contributed by atoms with Gasteiger partial charge in [-0.1, -0.05) is 347 Å². The Labute approximate surface area is 642 Å². The lowest BCUT2D eigenvalue weighted by Crippen LogP contribution is -2.28. The van der Waals surface area contributed by atoms with E-state index < -0.39 is 10.8 Å². The number of rotatable bonds is 11. The minimum atomic E-state index is -0.465. The van der Waals surface area contributed by atoms with Crippen LogP contribution in [0.4, 0.5) is 0 Å². The van der Waals surface area contributed by atoms with Crippen LogP contribution in [0.2, 0.25) is 0 Å². The molecule has 0 amide bonds. The van der Waals surface area contributed by atoms with Crippen molar-refractivity contribution in [3.05, 3.63) is 439 Å². The summed E-state index contributed by atoms with van der Waals surface area (Å²) in [5.74, 6) is 1.07. The highest BCUT2D eigenvalue weighted by Crippen LogP contribution is 2.61. The van der Waals surface area contributed by atoms with Gasteiger partial charge in [-0.15, -0.1) is 11.3 Å². The van der Waals surface area contributed by atoms with Gasteiger partial charge in [0, 0.05) is 61.1 Å². The molecule has 2 aliphatic carbocycles. The summed E-state index contributed by atoms with van der Waals surface area (Å²) in [7, 11) is 0. The van der Waals surface area contributed by atoms with Gasteiger partial charge in [0.15, 0.2) is 0 Å². The normalized spacial score (nSPS) is 13.0. The molecular formula is C104H69N5S. The third kappa shape index (κ3) is 10.1. The number of nitrogens with zero attached hydrogens (tertiary/aromatic N) is 5. The Morgan fingerprint density at radius 3 is 1.08 bits per heavy atom. The van der Waals surface area contributed by atoms with Crippen molar-refractivity contribution in [1.29, 1.82) is 0 Å². The summed E-state index contributed by atoms with van der Waals surface area (Å²) in [5.41, 5.74) is 30.9. The van der Waals surface area contributed by atoms with Crippen molar-refractivity contribution in [2.24, 2.45) is 0 Å². The number of fused-ring (bicyclic) bond motifs is 16. The third-order valence-electron chi connectivity index (χ3n) is 23.0. The summed E-state index contributed by atoms with van der Waals surface area (Å²) >= 11 is 1.74. The van der Waals surface area contributed by atoms with Crippen LogP contribution in [0.25, 0.3) is 148 Å². The van der Waals surface area contributed by atoms with Crippen LogP contribution in [-0.4, -0.2) is 24.5 Å². The summed E-state index contributed by atoms with van der Waals surface area (Å²) in [6.45, 7) is 2.16. The van der Waals surface area contributed by atoms with Gasteiger partial charge in [-0.2, -0.15) is 0 Å². The van der Waals surface area contributed by atoms with Gasteiger partial charge in [0.1, 0.15) is 10.8 Å². The maximum absolute atomic E-state index is 5.38. The van der Waals surface area contributed by atoms with Gasteiger partial charge >= 0.3 is 0 Å². The quantitative estimate of drug-likeness (QED) is 0.121. The molecular weight excluding hydrogens is 1350 g/mol. The highest BCUT2D eigenvalue weighted by molar-refractivity contribution is 7.21. The second kappa shape index (κ2) is 26.3. The van der Waals surface area contributed by atoms with Crippen molar-refractivity contribution in [1.82, 2.24) is 24.5 Å². The zero-order chi connectivity index (χ0) is 72.9. The molecule has 16 aromatic carbocycles. The number of para-hydroxylation sites is 5. The smallest absolute Gasteiger partial charge is 0.124 e. The topological polar surface area (TPSA) is 56.5 Å². The average Bonchev–Trinajstić information content (AvgIpc) is 1.52. The summed E-state index contributed by atoms with van der Waals surface area (Å²) < 4.78 is 3.49. The van der Waals surface area contributed by atoms with E-state index in [1.165, 1.54) is 115 Å². The summed E-state index contributed by atoms with van der Waals surface area (Å²) in [6, 6.07) is 141. The molecule has 4 heterocycles. The monoisotopic (exact) mass is 1420 g/mol.